The Hall–Kier alpha value is -3.53. The Morgan fingerprint density at radius 3 is 2.48 bits per heavy atom. The van der Waals surface area contributed by atoms with Crippen molar-refractivity contribution in [3.05, 3.63) is 72.9 Å². The van der Waals surface area contributed by atoms with Gasteiger partial charge in [0.05, 0.1) is 11.0 Å². The largest absolute Gasteiger partial charge is 0.399 e. The molecule has 0 aliphatic heterocycles. The fraction of sp³-hybridized carbons (Fsp3) is 0. The maximum absolute atomic E-state index is 5.84. The number of hydrogen-bond acceptors (Lipinski definition) is 2. The van der Waals surface area contributed by atoms with Crippen LogP contribution in [0.25, 0.3) is 44.5 Å². The normalized spacial score (nSPS) is 11.4. The Balaban J connectivity index is 1.56. The van der Waals surface area contributed by atoms with Gasteiger partial charge < -0.3 is 15.7 Å². The molecule has 0 spiro atoms. The standard InChI is InChI=1S/C21H16N4/c22-15-9-10-19-20(11-15)25-21(24-19)14-7-5-13(6-8-14)17-12-23-18-4-2-1-3-16(17)18/h1-12,23H,22H2,(H,24,25). The third-order valence-electron chi connectivity index (χ3n) is 4.56. The van der Waals surface area contributed by atoms with Crippen molar-refractivity contribution >= 4 is 27.6 Å². The summed E-state index contributed by atoms with van der Waals surface area (Å²) in [5.74, 6) is 0.853. The average molecular weight is 324 g/mol. The molecule has 0 saturated carbocycles. The molecule has 0 saturated heterocycles. The van der Waals surface area contributed by atoms with E-state index in [-0.39, 0.29) is 0 Å². The van der Waals surface area contributed by atoms with Crippen LogP contribution in [0.1, 0.15) is 0 Å². The van der Waals surface area contributed by atoms with Crippen molar-refractivity contribution in [2.45, 2.75) is 0 Å². The van der Waals surface area contributed by atoms with Gasteiger partial charge >= 0.3 is 0 Å². The fourth-order valence-corrected chi connectivity index (χ4v) is 3.28. The molecule has 5 rings (SSSR count). The van der Waals surface area contributed by atoms with Crippen LogP contribution in [0.4, 0.5) is 5.69 Å². The number of H-pyrrole nitrogens is 2. The Labute approximate surface area is 144 Å². The molecule has 2 heterocycles. The highest BCUT2D eigenvalue weighted by Crippen LogP contribution is 2.30. The number of rotatable bonds is 2. The number of imidazole rings is 1. The molecule has 2 aromatic heterocycles. The Bertz CT molecular complexity index is 1200. The van der Waals surface area contributed by atoms with Gasteiger partial charge in [-0.3, -0.25) is 0 Å². The maximum atomic E-state index is 5.84. The van der Waals surface area contributed by atoms with Gasteiger partial charge in [0.15, 0.2) is 0 Å². The lowest BCUT2D eigenvalue weighted by atomic mass is 10.0. The van der Waals surface area contributed by atoms with Crippen LogP contribution >= 0.6 is 0 Å². The first-order valence-electron chi connectivity index (χ1n) is 8.20. The number of fused-ring (bicyclic) bond motifs is 2. The second-order valence-electron chi connectivity index (χ2n) is 6.19. The van der Waals surface area contributed by atoms with E-state index in [4.69, 9.17) is 5.73 Å². The van der Waals surface area contributed by atoms with Crippen LogP contribution in [0.2, 0.25) is 0 Å². The summed E-state index contributed by atoms with van der Waals surface area (Å²) in [6, 6.07) is 22.5. The third kappa shape index (κ3) is 2.27. The minimum absolute atomic E-state index is 0.734. The molecule has 0 atom stereocenters. The molecular formula is C21H16N4. The van der Waals surface area contributed by atoms with E-state index < -0.39 is 0 Å². The molecule has 4 N–H and O–H groups in total. The summed E-state index contributed by atoms with van der Waals surface area (Å²) >= 11 is 0. The van der Waals surface area contributed by atoms with E-state index in [2.05, 4.69) is 63.6 Å². The van der Waals surface area contributed by atoms with Crippen molar-refractivity contribution in [2.75, 3.05) is 5.73 Å². The molecule has 3 aromatic carbocycles. The smallest absolute Gasteiger partial charge is 0.138 e. The van der Waals surface area contributed by atoms with Crippen molar-refractivity contribution in [1.29, 1.82) is 0 Å². The van der Waals surface area contributed by atoms with E-state index in [1.54, 1.807) is 0 Å². The highest BCUT2D eigenvalue weighted by Gasteiger charge is 2.08. The van der Waals surface area contributed by atoms with Crippen LogP contribution < -0.4 is 5.73 Å². The zero-order valence-corrected chi connectivity index (χ0v) is 13.5. The lowest BCUT2D eigenvalue weighted by molar-refractivity contribution is 1.34. The van der Waals surface area contributed by atoms with Crippen LogP contribution in [0, 0.1) is 0 Å². The second kappa shape index (κ2) is 5.24. The summed E-state index contributed by atoms with van der Waals surface area (Å²) in [4.78, 5) is 11.3. The predicted octanol–water partition coefficient (Wildman–Crippen LogP) is 4.96. The fourth-order valence-electron chi connectivity index (χ4n) is 3.28. The SMILES string of the molecule is Nc1ccc2nc(-c3ccc(-c4c[nH]c5ccccc45)cc3)[nH]c2c1. The lowest BCUT2D eigenvalue weighted by Crippen LogP contribution is -1.82. The molecule has 0 aliphatic carbocycles. The van der Waals surface area contributed by atoms with Crippen LogP contribution in [0.15, 0.2) is 72.9 Å². The second-order valence-corrected chi connectivity index (χ2v) is 6.19. The molecule has 4 nitrogen and oxygen atoms in total. The Morgan fingerprint density at radius 1 is 0.800 bits per heavy atom. The molecule has 5 aromatic rings. The first kappa shape index (κ1) is 13.9. The number of nitrogens with zero attached hydrogens (tertiary/aromatic N) is 1. The number of aromatic amines is 2. The zero-order valence-electron chi connectivity index (χ0n) is 13.5. The maximum Gasteiger partial charge on any atom is 0.138 e. The molecule has 25 heavy (non-hydrogen) atoms. The van der Waals surface area contributed by atoms with E-state index >= 15 is 0 Å². The van der Waals surface area contributed by atoms with Gasteiger partial charge in [0, 0.05) is 33.9 Å². The minimum Gasteiger partial charge on any atom is -0.399 e. The van der Waals surface area contributed by atoms with Crippen molar-refractivity contribution in [1.82, 2.24) is 15.0 Å². The summed E-state index contributed by atoms with van der Waals surface area (Å²) in [5.41, 5.74) is 13.0. The van der Waals surface area contributed by atoms with Gasteiger partial charge in [0.25, 0.3) is 0 Å². The number of para-hydroxylation sites is 1. The highest BCUT2D eigenvalue weighted by atomic mass is 14.9. The summed E-state index contributed by atoms with van der Waals surface area (Å²) in [6.45, 7) is 0. The third-order valence-corrected chi connectivity index (χ3v) is 4.56. The van der Waals surface area contributed by atoms with Gasteiger partial charge in [-0.2, -0.15) is 0 Å². The van der Waals surface area contributed by atoms with Crippen LogP contribution in [-0.2, 0) is 0 Å². The first-order chi connectivity index (χ1) is 12.3. The van der Waals surface area contributed by atoms with Crippen LogP contribution in [-0.4, -0.2) is 15.0 Å². The number of hydrogen-bond donors (Lipinski definition) is 3. The monoisotopic (exact) mass is 324 g/mol. The number of anilines is 1. The molecule has 0 unspecified atom stereocenters. The Morgan fingerprint density at radius 2 is 1.60 bits per heavy atom. The van der Waals surface area contributed by atoms with Gasteiger partial charge in [-0.25, -0.2) is 4.98 Å². The predicted molar refractivity (Wildman–Crippen MR) is 103 cm³/mol. The first-order valence-corrected chi connectivity index (χ1v) is 8.20. The van der Waals surface area contributed by atoms with E-state index in [9.17, 15) is 0 Å². The molecule has 0 bridgehead atoms. The average Bonchev–Trinajstić information content (AvgIpc) is 3.25. The highest BCUT2D eigenvalue weighted by molar-refractivity contribution is 5.95. The summed E-state index contributed by atoms with van der Waals surface area (Å²) in [5, 5.41) is 1.23. The van der Waals surface area contributed by atoms with Crippen molar-refractivity contribution in [3.63, 3.8) is 0 Å². The summed E-state index contributed by atoms with van der Waals surface area (Å²) < 4.78 is 0. The quantitative estimate of drug-likeness (QED) is 0.402. The van der Waals surface area contributed by atoms with E-state index in [1.165, 1.54) is 16.5 Å². The minimum atomic E-state index is 0.734. The number of aromatic nitrogens is 3. The van der Waals surface area contributed by atoms with E-state index in [0.717, 1.165) is 33.6 Å². The molecule has 0 aliphatic rings. The molecule has 0 amide bonds. The van der Waals surface area contributed by atoms with Crippen molar-refractivity contribution < 1.29 is 0 Å². The molecule has 120 valence electrons. The van der Waals surface area contributed by atoms with Gasteiger partial charge in [-0.1, -0.05) is 42.5 Å². The number of nitrogen functional groups attached to an aromatic ring is 1. The van der Waals surface area contributed by atoms with Gasteiger partial charge in [0.1, 0.15) is 5.82 Å². The number of benzene rings is 3. The van der Waals surface area contributed by atoms with Gasteiger partial charge in [-0.05, 0) is 29.8 Å². The molecule has 0 radical (unpaired) electrons. The van der Waals surface area contributed by atoms with Crippen molar-refractivity contribution in [2.24, 2.45) is 0 Å². The number of nitrogens with one attached hydrogen (secondary N) is 2. The van der Waals surface area contributed by atoms with Crippen molar-refractivity contribution in [3.8, 4) is 22.5 Å². The molecule has 4 heteroatoms. The molecular weight excluding hydrogens is 308 g/mol. The van der Waals surface area contributed by atoms with Crippen LogP contribution in [0.3, 0.4) is 0 Å². The summed E-state index contributed by atoms with van der Waals surface area (Å²) in [7, 11) is 0. The van der Waals surface area contributed by atoms with E-state index in [1.807, 2.05) is 24.3 Å². The van der Waals surface area contributed by atoms with Gasteiger partial charge in [0.2, 0.25) is 0 Å². The molecule has 0 fully saturated rings. The van der Waals surface area contributed by atoms with Crippen LogP contribution in [0.5, 0.6) is 0 Å². The zero-order chi connectivity index (χ0) is 16.8. The summed E-state index contributed by atoms with van der Waals surface area (Å²) in [6.07, 6.45) is 2.06. The van der Waals surface area contributed by atoms with Gasteiger partial charge in [-0.15, -0.1) is 0 Å². The number of nitrogens with two attached hydrogens (primary N) is 1. The van der Waals surface area contributed by atoms with E-state index in [0.29, 0.717) is 0 Å². The lowest BCUT2D eigenvalue weighted by Gasteiger charge is -2.02. The Kier molecular flexibility index (Phi) is 2.91. The topological polar surface area (TPSA) is 70.5 Å².